The predicted molar refractivity (Wildman–Crippen MR) is 62.8 cm³/mol. The third-order valence-electron chi connectivity index (χ3n) is 2.63. The lowest BCUT2D eigenvalue weighted by Crippen LogP contribution is -2.19. The van der Waals surface area contributed by atoms with Gasteiger partial charge in [-0.1, -0.05) is 19.8 Å². The summed E-state index contributed by atoms with van der Waals surface area (Å²) in [5.74, 6) is 0.412. The van der Waals surface area contributed by atoms with Crippen LogP contribution in [-0.4, -0.2) is 38.6 Å². The molecule has 0 aliphatic rings. The van der Waals surface area contributed by atoms with Gasteiger partial charge < -0.3 is 9.64 Å². The van der Waals surface area contributed by atoms with Crippen LogP contribution < -0.4 is 0 Å². The van der Waals surface area contributed by atoms with Gasteiger partial charge in [0, 0.05) is 6.42 Å². The second-order valence-electron chi connectivity index (χ2n) is 4.38. The van der Waals surface area contributed by atoms with E-state index in [1.165, 1.54) is 20.0 Å². The van der Waals surface area contributed by atoms with Crippen LogP contribution in [0.2, 0.25) is 0 Å². The number of unbranched alkanes of at least 4 members (excludes halogenated alkanes) is 1. The number of carbonyl (C=O) groups excluding carboxylic acids is 1. The van der Waals surface area contributed by atoms with E-state index in [4.69, 9.17) is 4.74 Å². The van der Waals surface area contributed by atoms with Crippen molar-refractivity contribution in [2.45, 2.75) is 39.0 Å². The van der Waals surface area contributed by atoms with E-state index in [2.05, 4.69) is 25.9 Å². The van der Waals surface area contributed by atoms with Crippen molar-refractivity contribution in [1.82, 2.24) is 4.90 Å². The first-order chi connectivity index (χ1) is 7.10. The molecule has 0 spiro atoms. The number of carbonyl (C=O) groups is 1. The second kappa shape index (κ2) is 8.72. The minimum atomic E-state index is -0.0742. The molecule has 0 aromatic heterocycles. The van der Waals surface area contributed by atoms with Crippen LogP contribution in [0.4, 0.5) is 0 Å². The van der Waals surface area contributed by atoms with E-state index in [1.807, 2.05) is 0 Å². The van der Waals surface area contributed by atoms with Gasteiger partial charge in [0.1, 0.15) is 0 Å². The standard InChI is InChI=1S/C12H25NO2/c1-5-6-7-11(8-9-13(2)3)10-12(14)15-4/h11H,5-10H2,1-4H3. The smallest absolute Gasteiger partial charge is 0.305 e. The molecule has 0 rings (SSSR count). The first kappa shape index (κ1) is 14.4. The highest BCUT2D eigenvalue weighted by molar-refractivity contribution is 5.69. The molecular weight excluding hydrogens is 190 g/mol. The lowest BCUT2D eigenvalue weighted by molar-refractivity contribution is -0.141. The molecule has 0 aromatic carbocycles. The summed E-state index contributed by atoms with van der Waals surface area (Å²) in [6, 6.07) is 0. The molecule has 0 saturated carbocycles. The second-order valence-corrected chi connectivity index (χ2v) is 4.38. The molecule has 0 N–H and O–H groups in total. The van der Waals surface area contributed by atoms with E-state index in [0.717, 1.165) is 19.4 Å². The van der Waals surface area contributed by atoms with E-state index in [-0.39, 0.29) is 5.97 Å². The van der Waals surface area contributed by atoms with Crippen LogP contribution in [-0.2, 0) is 9.53 Å². The average molecular weight is 215 g/mol. The van der Waals surface area contributed by atoms with Crippen molar-refractivity contribution in [3.63, 3.8) is 0 Å². The molecule has 0 amide bonds. The Labute approximate surface area is 93.8 Å². The highest BCUT2D eigenvalue weighted by Crippen LogP contribution is 2.17. The van der Waals surface area contributed by atoms with Crippen molar-refractivity contribution < 1.29 is 9.53 Å². The number of esters is 1. The quantitative estimate of drug-likeness (QED) is 0.582. The fraction of sp³-hybridized carbons (Fsp3) is 0.917. The van der Waals surface area contributed by atoms with Crippen molar-refractivity contribution in [2.75, 3.05) is 27.7 Å². The summed E-state index contributed by atoms with van der Waals surface area (Å²) in [7, 11) is 5.59. The largest absolute Gasteiger partial charge is 0.469 e. The first-order valence-electron chi connectivity index (χ1n) is 5.81. The number of methoxy groups -OCH3 is 1. The molecule has 0 aliphatic heterocycles. The summed E-state index contributed by atoms with van der Waals surface area (Å²) in [5.41, 5.74) is 0. The average Bonchev–Trinajstić information content (AvgIpc) is 2.21. The number of rotatable bonds is 8. The molecule has 0 fully saturated rings. The maximum Gasteiger partial charge on any atom is 0.305 e. The molecule has 3 heteroatoms. The van der Waals surface area contributed by atoms with Crippen LogP contribution in [0, 0.1) is 5.92 Å². The fourth-order valence-electron chi connectivity index (χ4n) is 1.60. The molecule has 0 heterocycles. The summed E-state index contributed by atoms with van der Waals surface area (Å²) in [6.45, 7) is 3.23. The monoisotopic (exact) mass is 215 g/mol. The molecule has 1 atom stereocenters. The van der Waals surface area contributed by atoms with Gasteiger partial charge in [-0.05, 0) is 39.4 Å². The lowest BCUT2D eigenvalue weighted by Gasteiger charge is -2.17. The maximum atomic E-state index is 11.2. The third kappa shape index (κ3) is 8.43. The Morgan fingerprint density at radius 1 is 1.33 bits per heavy atom. The van der Waals surface area contributed by atoms with Gasteiger partial charge in [0.05, 0.1) is 7.11 Å². The maximum absolute atomic E-state index is 11.2. The zero-order chi connectivity index (χ0) is 11.7. The van der Waals surface area contributed by atoms with E-state index in [9.17, 15) is 4.79 Å². The van der Waals surface area contributed by atoms with E-state index < -0.39 is 0 Å². The third-order valence-corrected chi connectivity index (χ3v) is 2.63. The van der Waals surface area contributed by atoms with Crippen LogP contribution in [0.1, 0.15) is 39.0 Å². The first-order valence-corrected chi connectivity index (χ1v) is 5.81. The number of hydrogen-bond donors (Lipinski definition) is 0. The zero-order valence-corrected chi connectivity index (χ0v) is 10.6. The van der Waals surface area contributed by atoms with Gasteiger partial charge in [-0.2, -0.15) is 0 Å². The fourth-order valence-corrected chi connectivity index (χ4v) is 1.60. The van der Waals surface area contributed by atoms with Crippen molar-refractivity contribution >= 4 is 5.97 Å². The molecule has 3 nitrogen and oxygen atoms in total. The Kier molecular flexibility index (Phi) is 8.38. The summed E-state index contributed by atoms with van der Waals surface area (Å²) < 4.78 is 4.71. The number of ether oxygens (including phenoxy) is 1. The van der Waals surface area contributed by atoms with E-state index in [1.54, 1.807) is 0 Å². The summed E-state index contributed by atoms with van der Waals surface area (Å²) in [6.07, 6.45) is 5.20. The molecule has 90 valence electrons. The normalized spacial score (nSPS) is 12.9. The van der Waals surface area contributed by atoms with Crippen LogP contribution in [0.3, 0.4) is 0 Å². The van der Waals surface area contributed by atoms with Gasteiger partial charge in [-0.15, -0.1) is 0 Å². The Morgan fingerprint density at radius 3 is 2.47 bits per heavy atom. The Balaban J connectivity index is 3.88. The van der Waals surface area contributed by atoms with E-state index in [0.29, 0.717) is 12.3 Å². The molecule has 0 saturated heterocycles. The van der Waals surface area contributed by atoms with Gasteiger partial charge in [0.25, 0.3) is 0 Å². The van der Waals surface area contributed by atoms with Gasteiger partial charge >= 0.3 is 5.97 Å². The number of nitrogens with zero attached hydrogens (tertiary/aromatic N) is 1. The summed E-state index contributed by atoms with van der Waals surface area (Å²) in [5, 5.41) is 0. The minimum absolute atomic E-state index is 0.0742. The Hall–Kier alpha value is -0.570. The van der Waals surface area contributed by atoms with Crippen LogP contribution in [0.15, 0.2) is 0 Å². The van der Waals surface area contributed by atoms with Crippen molar-refractivity contribution in [3.8, 4) is 0 Å². The van der Waals surface area contributed by atoms with Crippen LogP contribution in [0.5, 0.6) is 0 Å². The van der Waals surface area contributed by atoms with Crippen molar-refractivity contribution in [2.24, 2.45) is 5.92 Å². The molecule has 15 heavy (non-hydrogen) atoms. The summed E-state index contributed by atoms with van der Waals surface area (Å²) >= 11 is 0. The Morgan fingerprint density at radius 2 is 2.00 bits per heavy atom. The lowest BCUT2D eigenvalue weighted by atomic mass is 9.95. The van der Waals surface area contributed by atoms with Gasteiger partial charge in [0.15, 0.2) is 0 Å². The molecule has 1 unspecified atom stereocenters. The van der Waals surface area contributed by atoms with Gasteiger partial charge in [-0.25, -0.2) is 0 Å². The van der Waals surface area contributed by atoms with Crippen molar-refractivity contribution in [3.05, 3.63) is 0 Å². The molecule has 0 aromatic rings. The zero-order valence-electron chi connectivity index (χ0n) is 10.6. The predicted octanol–water partition coefficient (Wildman–Crippen LogP) is 2.31. The molecule has 0 bridgehead atoms. The minimum Gasteiger partial charge on any atom is -0.469 e. The SMILES string of the molecule is CCCCC(CCN(C)C)CC(=O)OC. The number of hydrogen-bond acceptors (Lipinski definition) is 3. The van der Waals surface area contributed by atoms with E-state index >= 15 is 0 Å². The van der Waals surface area contributed by atoms with Gasteiger partial charge in [0.2, 0.25) is 0 Å². The molecule has 0 radical (unpaired) electrons. The molecular formula is C12H25NO2. The Bertz CT molecular complexity index is 169. The van der Waals surface area contributed by atoms with Gasteiger partial charge in [-0.3, -0.25) is 4.79 Å². The topological polar surface area (TPSA) is 29.5 Å². The van der Waals surface area contributed by atoms with Crippen molar-refractivity contribution in [1.29, 1.82) is 0 Å². The van der Waals surface area contributed by atoms with Crippen LogP contribution >= 0.6 is 0 Å². The van der Waals surface area contributed by atoms with Crippen LogP contribution in [0.25, 0.3) is 0 Å². The highest BCUT2D eigenvalue weighted by atomic mass is 16.5. The highest BCUT2D eigenvalue weighted by Gasteiger charge is 2.13. The molecule has 0 aliphatic carbocycles. The summed E-state index contributed by atoms with van der Waals surface area (Å²) in [4.78, 5) is 13.4.